The van der Waals surface area contributed by atoms with Gasteiger partial charge in [-0.2, -0.15) is 0 Å². The van der Waals surface area contributed by atoms with E-state index in [-0.39, 0.29) is 11.8 Å². The van der Waals surface area contributed by atoms with Crippen molar-refractivity contribution in [2.45, 2.75) is 6.42 Å². The van der Waals surface area contributed by atoms with Gasteiger partial charge in [-0.1, -0.05) is 0 Å². The molecule has 0 bridgehead atoms. The lowest BCUT2D eigenvalue weighted by Crippen LogP contribution is -2.37. The van der Waals surface area contributed by atoms with E-state index in [2.05, 4.69) is 5.32 Å². The number of methoxy groups -OCH3 is 1. The van der Waals surface area contributed by atoms with Crippen molar-refractivity contribution in [1.82, 2.24) is 9.88 Å². The average Bonchev–Trinajstić information content (AvgIpc) is 2.81. The summed E-state index contributed by atoms with van der Waals surface area (Å²) in [7, 11) is 3.57. The van der Waals surface area contributed by atoms with Crippen molar-refractivity contribution in [3.63, 3.8) is 0 Å². The zero-order valence-corrected chi connectivity index (χ0v) is 12.4. The lowest BCUT2D eigenvalue weighted by Gasteiger charge is -2.24. The molecule has 0 saturated carbocycles. The number of nitrogens with zero attached hydrogens (tertiary/aromatic N) is 1. The summed E-state index contributed by atoms with van der Waals surface area (Å²) in [5.41, 5.74) is 2.09. The second kappa shape index (κ2) is 5.87. The fraction of sp³-hybridized carbons (Fsp3) is 0.438. The number of carbonyl (C=O) groups excluding carboxylic acids is 1. The Morgan fingerprint density at radius 3 is 2.90 bits per heavy atom. The first-order chi connectivity index (χ1) is 10.2. The van der Waals surface area contributed by atoms with E-state index in [1.54, 1.807) is 11.7 Å². The molecule has 0 aliphatic carbocycles. The maximum atomic E-state index is 12.6. The van der Waals surface area contributed by atoms with Crippen LogP contribution in [0.25, 0.3) is 10.9 Å². The normalized spacial score (nSPS) is 15.1. The highest BCUT2D eigenvalue weighted by molar-refractivity contribution is 5.96. The summed E-state index contributed by atoms with van der Waals surface area (Å²) in [6.07, 6.45) is 2.85. The monoisotopic (exact) mass is 288 g/mol. The van der Waals surface area contributed by atoms with Crippen molar-refractivity contribution in [3.05, 3.63) is 30.0 Å². The third-order valence-electron chi connectivity index (χ3n) is 3.96. The first kappa shape index (κ1) is 14.1. The largest absolute Gasteiger partial charge is 0.497 e. The number of hydrogen-bond donors (Lipinski definition) is 1. The number of likely N-dealkylation sites (N-methyl/N-ethyl adjacent to an activating group) is 1. The SMILES string of the molecule is CNCCc1cn(C(=O)C2COC2)c2cc(OC)ccc12. The molecule has 0 atom stereocenters. The van der Waals surface area contributed by atoms with Gasteiger partial charge in [0.25, 0.3) is 0 Å². The summed E-state index contributed by atoms with van der Waals surface area (Å²) >= 11 is 0. The molecular formula is C16H20N2O3. The van der Waals surface area contributed by atoms with Crippen molar-refractivity contribution < 1.29 is 14.3 Å². The first-order valence-electron chi connectivity index (χ1n) is 7.19. The molecule has 1 aliphatic heterocycles. The molecule has 1 aromatic carbocycles. The highest BCUT2D eigenvalue weighted by atomic mass is 16.5. The van der Waals surface area contributed by atoms with Gasteiger partial charge in [0.2, 0.25) is 5.91 Å². The summed E-state index contributed by atoms with van der Waals surface area (Å²) < 4.78 is 12.2. The summed E-state index contributed by atoms with van der Waals surface area (Å²) in [6, 6.07) is 5.89. The molecule has 1 saturated heterocycles. The molecule has 0 unspecified atom stereocenters. The molecule has 1 N–H and O–H groups in total. The van der Waals surface area contributed by atoms with Crippen LogP contribution in [0.2, 0.25) is 0 Å². The molecule has 1 fully saturated rings. The van der Waals surface area contributed by atoms with E-state index in [9.17, 15) is 4.79 Å². The van der Waals surface area contributed by atoms with Crippen LogP contribution in [0, 0.1) is 5.92 Å². The number of rotatable bonds is 5. The molecule has 21 heavy (non-hydrogen) atoms. The predicted molar refractivity (Wildman–Crippen MR) is 81.1 cm³/mol. The van der Waals surface area contributed by atoms with E-state index >= 15 is 0 Å². The smallest absolute Gasteiger partial charge is 0.238 e. The van der Waals surface area contributed by atoms with E-state index in [0.29, 0.717) is 13.2 Å². The number of carbonyl (C=O) groups is 1. The van der Waals surface area contributed by atoms with E-state index < -0.39 is 0 Å². The Hall–Kier alpha value is -1.85. The van der Waals surface area contributed by atoms with Gasteiger partial charge in [0.05, 0.1) is 31.8 Å². The Labute approximate surface area is 123 Å². The van der Waals surface area contributed by atoms with Gasteiger partial charge in [-0.25, -0.2) is 0 Å². The van der Waals surface area contributed by atoms with Crippen LogP contribution in [0.3, 0.4) is 0 Å². The third kappa shape index (κ3) is 2.54. The van der Waals surface area contributed by atoms with E-state index in [0.717, 1.165) is 29.6 Å². The molecule has 112 valence electrons. The Bertz CT molecular complexity index is 659. The molecule has 3 rings (SSSR count). The molecule has 1 aliphatic rings. The zero-order valence-electron chi connectivity index (χ0n) is 12.4. The van der Waals surface area contributed by atoms with E-state index in [1.165, 1.54) is 5.56 Å². The van der Waals surface area contributed by atoms with Gasteiger partial charge in [-0.3, -0.25) is 9.36 Å². The number of benzene rings is 1. The lowest BCUT2D eigenvalue weighted by atomic mass is 10.1. The Kier molecular flexibility index (Phi) is 3.94. The maximum Gasteiger partial charge on any atom is 0.238 e. The lowest BCUT2D eigenvalue weighted by molar-refractivity contribution is -0.0235. The van der Waals surface area contributed by atoms with Crippen LogP contribution >= 0.6 is 0 Å². The van der Waals surface area contributed by atoms with Gasteiger partial charge in [0.1, 0.15) is 5.75 Å². The van der Waals surface area contributed by atoms with Crippen molar-refractivity contribution in [2.75, 3.05) is 33.9 Å². The standard InChI is InChI=1S/C16H20N2O3/c1-17-6-5-11-8-18(16(19)12-9-21-10-12)15-7-13(20-2)3-4-14(11)15/h3-4,7-8,12,17H,5-6,9-10H2,1-2H3. The van der Waals surface area contributed by atoms with Crippen LogP contribution in [-0.4, -0.2) is 44.4 Å². The summed E-state index contributed by atoms with van der Waals surface area (Å²) in [5, 5.41) is 4.26. The highest BCUT2D eigenvalue weighted by Crippen LogP contribution is 2.28. The maximum absolute atomic E-state index is 12.6. The quantitative estimate of drug-likeness (QED) is 0.910. The molecular weight excluding hydrogens is 268 g/mol. The van der Waals surface area contributed by atoms with Crippen LogP contribution < -0.4 is 10.1 Å². The minimum Gasteiger partial charge on any atom is -0.497 e. The predicted octanol–water partition coefficient (Wildman–Crippen LogP) is 1.70. The fourth-order valence-electron chi connectivity index (χ4n) is 2.62. The van der Waals surface area contributed by atoms with Crippen molar-refractivity contribution >= 4 is 16.8 Å². The molecule has 0 radical (unpaired) electrons. The number of ether oxygens (including phenoxy) is 2. The fourth-order valence-corrected chi connectivity index (χ4v) is 2.62. The molecule has 5 heteroatoms. The van der Waals surface area contributed by atoms with Crippen molar-refractivity contribution in [3.8, 4) is 5.75 Å². The summed E-state index contributed by atoms with van der Waals surface area (Å²) in [6.45, 7) is 1.93. The van der Waals surface area contributed by atoms with Gasteiger partial charge in [0, 0.05) is 17.6 Å². The summed E-state index contributed by atoms with van der Waals surface area (Å²) in [4.78, 5) is 12.6. The molecule has 1 aromatic heterocycles. The molecule has 5 nitrogen and oxygen atoms in total. The Morgan fingerprint density at radius 1 is 1.48 bits per heavy atom. The van der Waals surface area contributed by atoms with Crippen LogP contribution in [0.15, 0.2) is 24.4 Å². The van der Waals surface area contributed by atoms with Crippen LogP contribution in [-0.2, 0) is 11.2 Å². The molecule has 2 aromatic rings. The van der Waals surface area contributed by atoms with Crippen LogP contribution in [0.5, 0.6) is 5.75 Å². The Balaban J connectivity index is 2.05. The number of hydrogen-bond acceptors (Lipinski definition) is 4. The van der Waals surface area contributed by atoms with Crippen molar-refractivity contribution in [1.29, 1.82) is 0 Å². The van der Waals surface area contributed by atoms with Gasteiger partial charge in [-0.15, -0.1) is 0 Å². The zero-order chi connectivity index (χ0) is 14.8. The Morgan fingerprint density at radius 2 is 2.29 bits per heavy atom. The number of fused-ring (bicyclic) bond motifs is 1. The number of aromatic nitrogens is 1. The molecule has 0 spiro atoms. The number of nitrogens with one attached hydrogen (secondary N) is 1. The van der Waals surface area contributed by atoms with Gasteiger partial charge >= 0.3 is 0 Å². The van der Waals surface area contributed by atoms with Gasteiger partial charge in [-0.05, 0) is 37.7 Å². The first-order valence-corrected chi connectivity index (χ1v) is 7.19. The molecule has 0 amide bonds. The second-order valence-corrected chi connectivity index (χ2v) is 5.33. The van der Waals surface area contributed by atoms with Crippen molar-refractivity contribution in [2.24, 2.45) is 5.92 Å². The average molecular weight is 288 g/mol. The summed E-state index contributed by atoms with van der Waals surface area (Å²) in [5.74, 6) is 0.846. The van der Waals surface area contributed by atoms with E-state index in [4.69, 9.17) is 9.47 Å². The topological polar surface area (TPSA) is 52.5 Å². The third-order valence-corrected chi connectivity index (χ3v) is 3.96. The van der Waals surface area contributed by atoms with E-state index in [1.807, 2.05) is 31.4 Å². The molecule has 2 heterocycles. The van der Waals surface area contributed by atoms with Gasteiger partial charge < -0.3 is 14.8 Å². The second-order valence-electron chi connectivity index (χ2n) is 5.33. The van der Waals surface area contributed by atoms with Gasteiger partial charge in [0.15, 0.2) is 0 Å². The minimum absolute atomic E-state index is 0.0241. The van der Waals surface area contributed by atoms with Crippen LogP contribution in [0.4, 0.5) is 0 Å². The van der Waals surface area contributed by atoms with Crippen LogP contribution in [0.1, 0.15) is 10.4 Å². The minimum atomic E-state index is -0.0241. The highest BCUT2D eigenvalue weighted by Gasteiger charge is 2.29.